The van der Waals surface area contributed by atoms with E-state index < -0.39 is 6.10 Å². The molecule has 2 heterocycles. The molecule has 0 aromatic carbocycles. The van der Waals surface area contributed by atoms with Crippen molar-refractivity contribution in [1.29, 1.82) is 0 Å². The maximum absolute atomic E-state index is 12.1. The molecule has 25 heavy (non-hydrogen) atoms. The zero-order valence-electron chi connectivity index (χ0n) is 15.5. The van der Waals surface area contributed by atoms with Crippen molar-refractivity contribution in [1.82, 2.24) is 15.2 Å². The molecule has 1 amide bonds. The van der Waals surface area contributed by atoms with Crippen molar-refractivity contribution < 1.29 is 19.1 Å². The van der Waals surface area contributed by atoms with Crippen LogP contribution in [0.4, 0.5) is 0 Å². The number of nitrogens with zero attached hydrogens (tertiary/aromatic N) is 2. The van der Waals surface area contributed by atoms with Crippen LogP contribution in [0.5, 0.6) is 0 Å². The molecule has 3 rings (SSSR count). The fraction of sp³-hybridized carbons (Fsp3) is 0.778. The minimum Gasteiger partial charge on any atom is -0.443 e. The lowest BCUT2D eigenvalue weighted by Crippen LogP contribution is -2.64. The zero-order valence-corrected chi connectivity index (χ0v) is 15.5. The molecule has 1 spiro atoms. The molecule has 1 saturated heterocycles. The van der Waals surface area contributed by atoms with Crippen molar-refractivity contribution in [2.24, 2.45) is 11.3 Å². The van der Waals surface area contributed by atoms with E-state index in [0.29, 0.717) is 23.6 Å². The average Bonchev–Trinajstić information content (AvgIpc) is 3.03. The number of hydrogen-bond donors (Lipinski definition) is 2. The highest BCUT2D eigenvalue weighted by molar-refractivity contribution is 5.77. The summed E-state index contributed by atoms with van der Waals surface area (Å²) in [6.07, 6.45) is 2.70. The summed E-state index contributed by atoms with van der Waals surface area (Å²) in [5.74, 6) is 1.50. The lowest BCUT2D eigenvalue weighted by Gasteiger charge is -2.57. The fourth-order valence-electron chi connectivity index (χ4n) is 4.94. The smallest absolute Gasteiger partial charge is 0.246 e. The van der Waals surface area contributed by atoms with E-state index in [1.165, 1.54) is 0 Å². The molecule has 7 heteroatoms. The Labute approximate surface area is 148 Å². The maximum Gasteiger partial charge on any atom is 0.246 e. The molecule has 0 radical (unpaired) electrons. The summed E-state index contributed by atoms with van der Waals surface area (Å²) in [5, 5.41) is 13.4. The van der Waals surface area contributed by atoms with E-state index >= 15 is 0 Å². The predicted octanol–water partition coefficient (Wildman–Crippen LogP) is 1.10. The Bertz CT molecular complexity index is 612. The molecular formula is C18H29N3O4. The minimum atomic E-state index is -0.492. The number of aliphatic hydroxyl groups is 1. The first-order valence-electron chi connectivity index (χ1n) is 8.97. The standard InChI is InChI=1S/C18H29N3O4/c1-11(2)17-18(10-21(17)4)5-13(14(22)6-18)20-15(23)8-24-9-16-19-7-12(3)25-16/h7,11,13-14,17,22H,5-6,8-10H2,1-4H3,(H,20,23)/t13-,14-,17?,18?/m1/s1. The third-order valence-electron chi connectivity index (χ3n) is 5.48. The third kappa shape index (κ3) is 3.73. The van der Waals surface area contributed by atoms with E-state index in [1.54, 1.807) is 6.20 Å². The van der Waals surface area contributed by atoms with E-state index in [1.807, 2.05) is 6.92 Å². The van der Waals surface area contributed by atoms with Crippen LogP contribution in [0.25, 0.3) is 0 Å². The Morgan fingerprint density at radius 1 is 1.56 bits per heavy atom. The number of hydrogen-bond acceptors (Lipinski definition) is 6. The summed E-state index contributed by atoms with van der Waals surface area (Å²) in [6.45, 7) is 7.34. The molecule has 4 atom stereocenters. The Balaban J connectivity index is 1.47. The summed E-state index contributed by atoms with van der Waals surface area (Å²) in [6, 6.07) is 0.267. The lowest BCUT2D eigenvalue weighted by molar-refractivity contribution is -0.127. The van der Waals surface area contributed by atoms with Gasteiger partial charge in [0.25, 0.3) is 0 Å². The molecule has 1 saturated carbocycles. The van der Waals surface area contributed by atoms with Crippen molar-refractivity contribution in [3.05, 3.63) is 17.8 Å². The summed E-state index contributed by atoms with van der Waals surface area (Å²) in [7, 11) is 2.13. The second-order valence-corrected chi connectivity index (χ2v) is 7.97. The number of ether oxygens (including phenoxy) is 1. The number of aromatic nitrogens is 1. The van der Waals surface area contributed by atoms with Crippen LogP contribution in [0, 0.1) is 18.3 Å². The van der Waals surface area contributed by atoms with E-state index in [9.17, 15) is 9.90 Å². The van der Waals surface area contributed by atoms with Gasteiger partial charge in [0, 0.05) is 18.0 Å². The molecule has 7 nitrogen and oxygen atoms in total. The molecule has 1 aliphatic heterocycles. The first-order valence-corrected chi connectivity index (χ1v) is 8.97. The second kappa shape index (κ2) is 7.05. The molecule has 2 fully saturated rings. The highest BCUT2D eigenvalue weighted by Gasteiger charge is 2.58. The van der Waals surface area contributed by atoms with Crippen LogP contribution in [-0.4, -0.2) is 59.3 Å². The average molecular weight is 351 g/mol. The van der Waals surface area contributed by atoms with Crippen LogP contribution in [-0.2, 0) is 16.1 Å². The number of rotatable bonds is 6. The third-order valence-corrected chi connectivity index (χ3v) is 5.48. The minimum absolute atomic E-state index is 0.0643. The van der Waals surface area contributed by atoms with Gasteiger partial charge in [0.1, 0.15) is 19.0 Å². The Hall–Kier alpha value is -1.44. The van der Waals surface area contributed by atoms with Gasteiger partial charge < -0.3 is 24.5 Å². The number of oxazole rings is 1. The van der Waals surface area contributed by atoms with E-state index in [2.05, 4.69) is 36.1 Å². The van der Waals surface area contributed by atoms with Crippen LogP contribution in [0.15, 0.2) is 10.6 Å². The van der Waals surface area contributed by atoms with Gasteiger partial charge in [0.15, 0.2) is 0 Å². The van der Waals surface area contributed by atoms with Gasteiger partial charge in [-0.25, -0.2) is 4.98 Å². The zero-order chi connectivity index (χ0) is 18.2. The summed E-state index contributed by atoms with van der Waals surface area (Å²) in [4.78, 5) is 18.5. The number of aliphatic hydroxyl groups excluding tert-OH is 1. The highest BCUT2D eigenvalue weighted by Crippen LogP contribution is 2.52. The topological polar surface area (TPSA) is 87.8 Å². The summed E-state index contributed by atoms with van der Waals surface area (Å²) < 4.78 is 10.6. The first-order chi connectivity index (χ1) is 11.8. The molecule has 2 N–H and O–H groups in total. The SMILES string of the molecule is Cc1cnc(COCC(=O)N[C@@H]2CC3(C[C@H]2O)CN(C)C3C(C)C)o1. The molecule has 1 aromatic heterocycles. The van der Waals surface area contributed by atoms with Crippen molar-refractivity contribution in [3.8, 4) is 0 Å². The van der Waals surface area contributed by atoms with Crippen LogP contribution in [0.1, 0.15) is 38.3 Å². The number of amides is 1. The van der Waals surface area contributed by atoms with Gasteiger partial charge in [-0.2, -0.15) is 0 Å². The second-order valence-electron chi connectivity index (χ2n) is 7.97. The summed E-state index contributed by atoms with van der Waals surface area (Å²) in [5.41, 5.74) is 0.122. The maximum atomic E-state index is 12.1. The van der Waals surface area contributed by atoms with Crippen LogP contribution < -0.4 is 5.32 Å². The fourth-order valence-corrected chi connectivity index (χ4v) is 4.94. The summed E-state index contributed by atoms with van der Waals surface area (Å²) >= 11 is 0. The van der Waals surface area contributed by atoms with Crippen LogP contribution in [0.3, 0.4) is 0 Å². The van der Waals surface area contributed by atoms with Gasteiger partial charge >= 0.3 is 0 Å². The van der Waals surface area contributed by atoms with Gasteiger partial charge in [0.05, 0.1) is 18.3 Å². The predicted molar refractivity (Wildman–Crippen MR) is 91.8 cm³/mol. The Morgan fingerprint density at radius 3 is 2.92 bits per heavy atom. The van der Waals surface area contributed by atoms with Crippen molar-refractivity contribution in [3.63, 3.8) is 0 Å². The largest absolute Gasteiger partial charge is 0.443 e. The van der Waals surface area contributed by atoms with E-state index in [0.717, 1.165) is 19.4 Å². The Morgan fingerprint density at radius 2 is 2.32 bits per heavy atom. The quantitative estimate of drug-likeness (QED) is 0.798. The molecule has 1 aromatic rings. The van der Waals surface area contributed by atoms with E-state index in [4.69, 9.17) is 9.15 Å². The number of carbonyl (C=O) groups excluding carboxylic acids is 1. The number of nitrogens with one attached hydrogen (secondary N) is 1. The van der Waals surface area contributed by atoms with Gasteiger partial charge in [-0.15, -0.1) is 0 Å². The van der Waals surface area contributed by atoms with Crippen LogP contribution in [0.2, 0.25) is 0 Å². The molecule has 2 aliphatic rings. The highest BCUT2D eigenvalue weighted by atomic mass is 16.5. The van der Waals surface area contributed by atoms with E-state index in [-0.39, 0.29) is 30.6 Å². The lowest BCUT2D eigenvalue weighted by atomic mass is 9.66. The first kappa shape index (κ1) is 18.4. The van der Waals surface area contributed by atoms with Gasteiger partial charge in [-0.05, 0) is 32.7 Å². The normalized spacial score (nSPS) is 32.3. The van der Waals surface area contributed by atoms with Gasteiger partial charge in [0.2, 0.25) is 11.8 Å². The molecule has 0 bridgehead atoms. The van der Waals surface area contributed by atoms with Crippen LogP contribution >= 0.6 is 0 Å². The monoisotopic (exact) mass is 351 g/mol. The molecule has 140 valence electrons. The van der Waals surface area contributed by atoms with Crippen molar-refractivity contribution >= 4 is 5.91 Å². The number of likely N-dealkylation sites (tertiary alicyclic amines) is 1. The number of aryl methyl sites for hydroxylation is 1. The van der Waals surface area contributed by atoms with Gasteiger partial charge in [-0.1, -0.05) is 13.8 Å². The number of carbonyl (C=O) groups is 1. The molecule has 1 aliphatic carbocycles. The molecule has 2 unspecified atom stereocenters. The van der Waals surface area contributed by atoms with Crippen molar-refractivity contribution in [2.75, 3.05) is 20.2 Å². The Kier molecular flexibility index (Phi) is 5.18. The van der Waals surface area contributed by atoms with Crippen molar-refractivity contribution in [2.45, 2.75) is 58.4 Å². The molecular weight excluding hydrogens is 322 g/mol. The van der Waals surface area contributed by atoms with Gasteiger partial charge in [-0.3, -0.25) is 4.79 Å².